The highest BCUT2D eigenvalue weighted by atomic mass is 32.1. The van der Waals surface area contributed by atoms with Gasteiger partial charge in [0, 0.05) is 55.8 Å². The maximum absolute atomic E-state index is 13.2. The second kappa shape index (κ2) is 10.0. The van der Waals surface area contributed by atoms with Crippen molar-refractivity contribution >= 4 is 23.2 Å². The third kappa shape index (κ3) is 4.87. The van der Waals surface area contributed by atoms with Gasteiger partial charge in [-0.1, -0.05) is 18.2 Å². The zero-order valence-electron chi connectivity index (χ0n) is 19.4. The van der Waals surface area contributed by atoms with E-state index in [1.807, 2.05) is 51.8 Å². The van der Waals surface area contributed by atoms with Crippen molar-refractivity contribution < 1.29 is 14.3 Å². The summed E-state index contributed by atoms with van der Waals surface area (Å²) < 4.78 is 7.46. The predicted molar refractivity (Wildman–Crippen MR) is 131 cm³/mol. The van der Waals surface area contributed by atoms with Crippen LogP contribution in [0.3, 0.4) is 0 Å². The minimum absolute atomic E-state index is 0.0854. The molecule has 0 radical (unpaired) electrons. The molecule has 2 amide bonds. The molecule has 7 nitrogen and oxygen atoms in total. The van der Waals surface area contributed by atoms with Crippen LogP contribution >= 0.6 is 11.3 Å². The third-order valence-electron chi connectivity index (χ3n) is 6.92. The molecule has 34 heavy (non-hydrogen) atoms. The second-order valence-electron chi connectivity index (χ2n) is 9.12. The predicted octanol–water partition coefficient (Wildman–Crippen LogP) is 3.76. The lowest BCUT2D eigenvalue weighted by Gasteiger charge is -2.33. The van der Waals surface area contributed by atoms with Gasteiger partial charge in [-0.2, -0.15) is 0 Å². The van der Waals surface area contributed by atoms with E-state index in [1.165, 1.54) is 5.56 Å². The number of piperidine rings is 1. The van der Waals surface area contributed by atoms with Gasteiger partial charge in [0.1, 0.15) is 11.6 Å². The Hall–Kier alpha value is -3.13. The highest BCUT2D eigenvalue weighted by Crippen LogP contribution is 2.30. The van der Waals surface area contributed by atoms with Crippen LogP contribution in [0.25, 0.3) is 0 Å². The molecule has 178 valence electrons. The fourth-order valence-corrected chi connectivity index (χ4v) is 5.76. The molecule has 0 saturated carbocycles. The monoisotopic (exact) mass is 478 g/mol. The standard InChI is InChI=1S/C26H30N4O3S/c1-33-22-6-4-19(5-7-22)16-29-13-10-27-25(29)20-8-11-28(12-9-20)26(32)21-15-24(31)30(17-21)18-23-3-2-14-34-23/h2-7,10,13-14,20-21H,8-9,11-12,15-18H2,1H3. The number of aromatic nitrogens is 2. The van der Waals surface area contributed by atoms with Crippen LogP contribution in [0.1, 0.15) is 41.4 Å². The minimum atomic E-state index is -0.221. The van der Waals surface area contributed by atoms with Crippen LogP contribution in [-0.4, -0.2) is 57.9 Å². The van der Waals surface area contributed by atoms with Gasteiger partial charge in [-0.05, 0) is 42.0 Å². The van der Waals surface area contributed by atoms with Crippen molar-refractivity contribution in [2.75, 3.05) is 26.7 Å². The van der Waals surface area contributed by atoms with Crippen molar-refractivity contribution in [2.24, 2.45) is 5.92 Å². The number of imidazole rings is 1. The Balaban J connectivity index is 1.16. The van der Waals surface area contributed by atoms with Crippen LogP contribution in [-0.2, 0) is 22.7 Å². The minimum Gasteiger partial charge on any atom is -0.497 e. The summed E-state index contributed by atoms with van der Waals surface area (Å²) in [6.07, 6.45) is 6.01. The lowest BCUT2D eigenvalue weighted by Crippen LogP contribution is -2.42. The van der Waals surface area contributed by atoms with E-state index in [-0.39, 0.29) is 17.7 Å². The fourth-order valence-electron chi connectivity index (χ4n) is 5.04. The number of carbonyl (C=O) groups is 2. The highest BCUT2D eigenvalue weighted by molar-refractivity contribution is 7.09. The van der Waals surface area contributed by atoms with Gasteiger partial charge in [0.05, 0.1) is 19.6 Å². The molecule has 0 bridgehead atoms. The molecular weight excluding hydrogens is 448 g/mol. The second-order valence-corrected chi connectivity index (χ2v) is 10.1. The van der Waals surface area contributed by atoms with E-state index in [1.54, 1.807) is 18.4 Å². The average Bonchev–Trinajstić information content (AvgIpc) is 3.62. The van der Waals surface area contributed by atoms with Crippen molar-refractivity contribution in [3.8, 4) is 5.75 Å². The topological polar surface area (TPSA) is 67.7 Å². The summed E-state index contributed by atoms with van der Waals surface area (Å²) in [7, 11) is 1.67. The van der Waals surface area contributed by atoms with Gasteiger partial charge in [-0.3, -0.25) is 9.59 Å². The molecule has 5 rings (SSSR count). The molecule has 2 aliphatic heterocycles. The molecule has 2 aliphatic rings. The highest BCUT2D eigenvalue weighted by Gasteiger charge is 2.38. The van der Waals surface area contributed by atoms with Crippen molar-refractivity contribution in [3.05, 3.63) is 70.4 Å². The summed E-state index contributed by atoms with van der Waals surface area (Å²) in [5.41, 5.74) is 1.20. The van der Waals surface area contributed by atoms with Crippen molar-refractivity contribution in [2.45, 2.75) is 38.3 Å². The molecule has 1 aromatic carbocycles. The first kappa shape index (κ1) is 22.7. The molecular formula is C26H30N4O3S. The summed E-state index contributed by atoms with van der Waals surface area (Å²) in [5.74, 6) is 2.26. The van der Waals surface area contributed by atoms with E-state index in [4.69, 9.17) is 4.74 Å². The van der Waals surface area contributed by atoms with Gasteiger partial charge in [0.2, 0.25) is 11.8 Å². The SMILES string of the molecule is COc1ccc(Cn2ccnc2C2CCN(C(=O)C3CC(=O)N(Cc4cccs4)C3)CC2)cc1. The van der Waals surface area contributed by atoms with Gasteiger partial charge in [0.25, 0.3) is 0 Å². The summed E-state index contributed by atoms with van der Waals surface area (Å²) in [6, 6.07) is 12.1. The Morgan fingerprint density at radius 3 is 2.65 bits per heavy atom. The van der Waals surface area contributed by atoms with E-state index in [0.29, 0.717) is 38.5 Å². The number of amides is 2. The van der Waals surface area contributed by atoms with Gasteiger partial charge >= 0.3 is 0 Å². The van der Waals surface area contributed by atoms with E-state index in [2.05, 4.69) is 21.7 Å². The van der Waals surface area contributed by atoms with Crippen molar-refractivity contribution in [1.29, 1.82) is 0 Å². The lowest BCUT2D eigenvalue weighted by atomic mass is 9.94. The van der Waals surface area contributed by atoms with Gasteiger partial charge in [0.15, 0.2) is 0 Å². The zero-order valence-corrected chi connectivity index (χ0v) is 20.2. The Bertz CT molecular complexity index is 1120. The number of hydrogen-bond donors (Lipinski definition) is 0. The van der Waals surface area contributed by atoms with Crippen molar-refractivity contribution in [3.63, 3.8) is 0 Å². The van der Waals surface area contributed by atoms with E-state index >= 15 is 0 Å². The molecule has 4 heterocycles. The molecule has 2 saturated heterocycles. The van der Waals surface area contributed by atoms with Crippen LogP contribution < -0.4 is 4.74 Å². The Kier molecular flexibility index (Phi) is 6.67. The number of rotatable bonds is 7. The third-order valence-corrected chi connectivity index (χ3v) is 7.78. The van der Waals surface area contributed by atoms with Gasteiger partial charge in [-0.15, -0.1) is 11.3 Å². The first-order valence-electron chi connectivity index (χ1n) is 11.8. The van der Waals surface area contributed by atoms with Gasteiger partial charge < -0.3 is 19.1 Å². The molecule has 1 unspecified atom stereocenters. The number of methoxy groups -OCH3 is 1. The summed E-state index contributed by atoms with van der Waals surface area (Å²) >= 11 is 1.65. The summed E-state index contributed by atoms with van der Waals surface area (Å²) in [6.45, 7) is 3.34. The maximum Gasteiger partial charge on any atom is 0.227 e. The number of benzene rings is 1. The number of likely N-dealkylation sites (tertiary alicyclic amines) is 2. The van der Waals surface area contributed by atoms with Crippen LogP contribution in [0.2, 0.25) is 0 Å². The summed E-state index contributed by atoms with van der Waals surface area (Å²) in [5, 5.41) is 2.02. The molecule has 0 N–H and O–H groups in total. The smallest absolute Gasteiger partial charge is 0.227 e. The largest absolute Gasteiger partial charge is 0.497 e. The molecule has 0 spiro atoms. The molecule has 1 atom stereocenters. The Morgan fingerprint density at radius 2 is 1.94 bits per heavy atom. The Morgan fingerprint density at radius 1 is 1.15 bits per heavy atom. The van der Waals surface area contributed by atoms with E-state index < -0.39 is 0 Å². The van der Waals surface area contributed by atoms with Crippen LogP contribution in [0.5, 0.6) is 5.75 Å². The van der Waals surface area contributed by atoms with Crippen molar-refractivity contribution in [1.82, 2.24) is 19.4 Å². The Labute approximate surface area is 204 Å². The van der Waals surface area contributed by atoms with Crippen LogP contribution in [0.15, 0.2) is 54.2 Å². The first-order chi connectivity index (χ1) is 16.6. The van der Waals surface area contributed by atoms with Crippen LogP contribution in [0.4, 0.5) is 0 Å². The van der Waals surface area contributed by atoms with Crippen LogP contribution in [0, 0.1) is 5.92 Å². The normalized spacial score (nSPS) is 19.1. The maximum atomic E-state index is 13.2. The quantitative estimate of drug-likeness (QED) is 0.519. The van der Waals surface area contributed by atoms with E-state index in [9.17, 15) is 9.59 Å². The first-order valence-corrected chi connectivity index (χ1v) is 12.7. The lowest BCUT2D eigenvalue weighted by molar-refractivity contribution is -0.136. The fraction of sp³-hybridized carbons (Fsp3) is 0.423. The number of hydrogen-bond acceptors (Lipinski definition) is 5. The zero-order chi connectivity index (χ0) is 23.5. The molecule has 0 aliphatic carbocycles. The number of carbonyl (C=O) groups excluding carboxylic acids is 2. The molecule has 2 aromatic heterocycles. The van der Waals surface area contributed by atoms with E-state index in [0.717, 1.165) is 35.8 Å². The number of nitrogens with zero attached hydrogens (tertiary/aromatic N) is 4. The number of thiophene rings is 1. The molecule has 3 aromatic rings. The average molecular weight is 479 g/mol. The van der Waals surface area contributed by atoms with Gasteiger partial charge in [-0.25, -0.2) is 4.98 Å². The molecule has 2 fully saturated rings. The molecule has 8 heteroatoms. The number of ether oxygens (including phenoxy) is 1. The summed E-state index contributed by atoms with van der Waals surface area (Å²) in [4.78, 5) is 35.2.